The summed E-state index contributed by atoms with van der Waals surface area (Å²) < 4.78 is 5.35. The maximum Gasteiger partial charge on any atom is 0.410 e. The van der Waals surface area contributed by atoms with Gasteiger partial charge in [-0.3, -0.25) is 4.90 Å². The first-order chi connectivity index (χ1) is 9.28. The van der Waals surface area contributed by atoms with Gasteiger partial charge in [0.2, 0.25) is 0 Å². The van der Waals surface area contributed by atoms with Crippen LogP contribution in [-0.2, 0) is 4.74 Å². The molecule has 7 nitrogen and oxygen atoms in total. The molecule has 0 aliphatic carbocycles. The van der Waals surface area contributed by atoms with E-state index in [0.717, 1.165) is 6.42 Å². The molecular formula is C13H26N4O3. The van der Waals surface area contributed by atoms with Crippen LogP contribution in [0.4, 0.5) is 4.79 Å². The van der Waals surface area contributed by atoms with E-state index in [4.69, 9.17) is 15.7 Å². The minimum Gasteiger partial charge on any atom is -0.444 e. The highest BCUT2D eigenvalue weighted by molar-refractivity contribution is 5.85. The fraction of sp³-hybridized carbons (Fsp3) is 0.846. The summed E-state index contributed by atoms with van der Waals surface area (Å²) >= 11 is 0. The maximum atomic E-state index is 11.9. The third-order valence-corrected chi connectivity index (χ3v) is 3.25. The number of amidine groups is 1. The minimum atomic E-state index is -0.478. The zero-order valence-corrected chi connectivity index (χ0v) is 12.8. The number of piperazine rings is 1. The molecule has 0 aromatic carbocycles. The van der Waals surface area contributed by atoms with Crippen LogP contribution < -0.4 is 5.73 Å². The van der Waals surface area contributed by atoms with Gasteiger partial charge < -0.3 is 20.6 Å². The van der Waals surface area contributed by atoms with Crippen molar-refractivity contribution in [3.63, 3.8) is 0 Å². The average molecular weight is 286 g/mol. The zero-order chi connectivity index (χ0) is 15.3. The lowest BCUT2D eigenvalue weighted by atomic mass is 10.1. The molecule has 0 saturated carbocycles. The van der Waals surface area contributed by atoms with Gasteiger partial charge in [-0.1, -0.05) is 12.1 Å². The maximum absolute atomic E-state index is 11.9. The van der Waals surface area contributed by atoms with Gasteiger partial charge in [-0.15, -0.1) is 0 Å². The van der Waals surface area contributed by atoms with Crippen LogP contribution in [0.1, 0.15) is 34.1 Å². The van der Waals surface area contributed by atoms with Crippen LogP contribution in [0.3, 0.4) is 0 Å². The van der Waals surface area contributed by atoms with E-state index in [2.05, 4.69) is 10.1 Å². The summed E-state index contributed by atoms with van der Waals surface area (Å²) in [5.74, 6) is 0.221. The average Bonchev–Trinajstić information content (AvgIpc) is 2.38. The second-order valence-electron chi connectivity index (χ2n) is 5.95. The molecule has 3 N–H and O–H groups in total. The van der Waals surface area contributed by atoms with Crippen LogP contribution in [0.25, 0.3) is 0 Å². The summed E-state index contributed by atoms with van der Waals surface area (Å²) in [6, 6.07) is -0.0826. The van der Waals surface area contributed by atoms with Crippen molar-refractivity contribution in [3.05, 3.63) is 0 Å². The predicted molar refractivity (Wildman–Crippen MR) is 76.9 cm³/mol. The third-order valence-electron chi connectivity index (χ3n) is 3.25. The smallest absolute Gasteiger partial charge is 0.410 e. The van der Waals surface area contributed by atoms with E-state index >= 15 is 0 Å². The van der Waals surface area contributed by atoms with Crippen LogP contribution in [0, 0.1) is 0 Å². The quantitative estimate of drug-likeness (QED) is 0.350. The lowest BCUT2D eigenvalue weighted by molar-refractivity contribution is 0.0127. The standard InChI is InChI=1S/C13H26N4O3/c1-5-10(11(14)15-19)16-6-8-17(9-7-16)12(18)20-13(2,3)4/h10,19H,5-9H2,1-4H3,(H2,14,15). The number of amides is 1. The molecule has 0 spiro atoms. The largest absolute Gasteiger partial charge is 0.444 e. The van der Waals surface area contributed by atoms with Gasteiger partial charge in [0.05, 0.1) is 6.04 Å². The molecule has 7 heteroatoms. The minimum absolute atomic E-state index is 0.0826. The normalized spacial score (nSPS) is 19.8. The summed E-state index contributed by atoms with van der Waals surface area (Å²) in [5.41, 5.74) is 5.21. The van der Waals surface area contributed by atoms with Gasteiger partial charge in [-0.05, 0) is 27.2 Å². The Morgan fingerprint density at radius 3 is 2.30 bits per heavy atom. The van der Waals surface area contributed by atoms with Gasteiger partial charge >= 0.3 is 6.09 Å². The molecule has 0 aromatic heterocycles. The lowest BCUT2D eigenvalue weighted by Crippen LogP contribution is -2.55. The second-order valence-corrected chi connectivity index (χ2v) is 5.95. The molecule has 1 amide bonds. The molecule has 20 heavy (non-hydrogen) atoms. The Morgan fingerprint density at radius 2 is 1.90 bits per heavy atom. The van der Waals surface area contributed by atoms with Crippen LogP contribution in [0.2, 0.25) is 0 Å². The number of hydrogen-bond donors (Lipinski definition) is 2. The fourth-order valence-electron chi connectivity index (χ4n) is 2.26. The van der Waals surface area contributed by atoms with Gasteiger partial charge in [0.1, 0.15) is 5.60 Å². The van der Waals surface area contributed by atoms with Crippen molar-refractivity contribution in [1.82, 2.24) is 9.80 Å². The van der Waals surface area contributed by atoms with E-state index in [1.165, 1.54) is 0 Å². The van der Waals surface area contributed by atoms with E-state index in [-0.39, 0.29) is 18.0 Å². The molecule has 1 atom stereocenters. The highest BCUT2D eigenvalue weighted by atomic mass is 16.6. The number of hydrogen-bond acceptors (Lipinski definition) is 5. The zero-order valence-electron chi connectivity index (χ0n) is 12.8. The summed E-state index contributed by atoms with van der Waals surface area (Å²) in [6.07, 6.45) is 0.483. The summed E-state index contributed by atoms with van der Waals surface area (Å²) in [6.45, 7) is 10.1. The highest BCUT2D eigenvalue weighted by Gasteiger charge is 2.29. The first kappa shape index (κ1) is 16.6. The third kappa shape index (κ3) is 4.56. The summed E-state index contributed by atoms with van der Waals surface area (Å²) in [5, 5.41) is 11.9. The van der Waals surface area contributed by atoms with E-state index in [0.29, 0.717) is 26.2 Å². The van der Waals surface area contributed by atoms with Crippen molar-refractivity contribution in [3.8, 4) is 0 Å². The molecule has 1 saturated heterocycles. The number of nitrogens with two attached hydrogens (primary N) is 1. The number of ether oxygens (including phenoxy) is 1. The molecule has 1 rings (SSSR count). The van der Waals surface area contributed by atoms with Crippen LogP contribution in [0.15, 0.2) is 5.16 Å². The van der Waals surface area contributed by atoms with E-state index in [9.17, 15) is 4.79 Å². The van der Waals surface area contributed by atoms with Gasteiger partial charge in [0, 0.05) is 26.2 Å². The van der Waals surface area contributed by atoms with E-state index < -0.39 is 5.60 Å². The Kier molecular flexibility index (Phi) is 5.62. The topological polar surface area (TPSA) is 91.4 Å². The van der Waals surface area contributed by atoms with Crippen molar-refractivity contribution >= 4 is 11.9 Å². The first-order valence-electron chi connectivity index (χ1n) is 6.98. The van der Waals surface area contributed by atoms with Crippen LogP contribution in [0.5, 0.6) is 0 Å². The number of rotatable bonds is 3. The number of oxime groups is 1. The predicted octanol–water partition coefficient (Wildman–Crippen LogP) is 1.06. The number of nitrogens with zero attached hydrogens (tertiary/aromatic N) is 3. The van der Waals surface area contributed by atoms with Crippen molar-refractivity contribution < 1.29 is 14.7 Å². The molecule has 0 bridgehead atoms. The Morgan fingerprint density at radius 1 is 1.35 bits per heavy atom. The molecule has 1 unspecified atom stereocenters. The van der Waals surface area contributed by atoms with Crippen molar-refractivity contribution in [2.75, 3.05) is 26.2 Å². The monoisotopic (exact) mass is 286 g/mol. The highest BCUT2D eigenvalue weighted by Crippen LogP contribution is 2.14. The molecular weight excluding hydrogens is 260 g/mol. The van der Waals surface area contributed by atoms with Gasteiger partial charge in [-0.2, -0.15) is 0 Å². The van der Waals surface area contributed by atoms with Gasteiger partial charge in [0.15, 0.2) is 5.84 Å². The summed E-state index contributed by atoms with van der Waals surface area (Å²) in [7, 11) is 0. The Bertz CT molecular complexity index is 357. The first-order valence-corrected chi connectivity index (χ1v) is 6.98. The molecule has 0 radical (unpaired) electrons. The van der Waals surface area contributed by atoms with Crippen LogP contribution >= 0.6 is 0 Å². The number of carbonyl (C=O) groups is 1. The Balaban J connectivity index is 2.53. The molecule has 1 heterocycles. The molecule has 1 aliphatic rings. The lowest BCUT2D eigenvalue weighted by Gasteiger charge is -2.38. The van der Waals surface area contributed by atoms with Gasteiger partial charge in [-0.25, -0.2) is 4.79 Å². The fourth-order valence-corrected chi connectivity index (χ4v) is 2.26. The summed E-state index contributed by atoms with van der Waals surface area (Å²) in [4.78, 5) is 15.8. The van der Waals surface area contributed by atoms with Crippen molar-refractivity contribution in [2.24, 2.45) is 10.9 Å². The molecule has 0 aromatic rings. The van der Waals surface area contributed by atoms with E-state index in [1.807, 2.05) is 27.7 Å². The van der Waals surface area contributed by atoms with Gasteiger partial charge in [0.25, 0.3) is 0 Å². The van der Waals surface area contributed by atoms with Crippen LogP contribution in [-0.4, -0.2) is 64.8 Å². The molecule has 1 fully saturated rings. The number of carbonyl (C=O) groups excluding carboxylic acids is 1. The van der Waals surface area contributed by atoms with Crippen molar-refractivity contribution in [2.45, 2.75) is 45.8 Å². The second kappa shape index (κ2) is 6.78. The van der Waals surface area contributed by atoms with Crippen molar-refractivity contribution in [1.29, 1.82) is 0 Å². The Labute approximate surface area is 120 Å². The van der Waals surface area contributed by atoms with E-state index in [1.54, 1.807) is 4.90 Å². The SMILES string of the molecule is CCC(C(N)=NO)N1CCN(C(=O)OC(C)(C)C)CC1. The molecule has 1 aliphatic heterocycles. The Hall–Kier alpha value is -1.50. The molecule has 116 valence electrons.